The number of sulfone groups is 1. The number of pyridine rings is 1. The first kappa shape index (κ1) is 21.2. The van der Waals surface area contributed by atoms with Crippen molar-refractivity contribution in [2.45, 2.75) is 43.3 Å². The van der Waals surface area contributed by atoms with Crippen molar-refractivity contribution < 1.29 is 17.6 Å². The average molecular weight is 420 g/mol. The normalized spacial score (nSPS) is 15.9. The number of urea groups is 1. The SMILES string of the molecule is Cc1cnccc1NC(=O)N1CCC(C(C)(C)S(=O)(=O)c2cccc(F)c2)CC1. The van der Waals surface area contributed by atoms with Crippen molar-refractivity contribution in [3.63, 3.8) is 0 Å². The van der Waals surface area contributed by atoms with Gasteiger partial charge < -0.3 is 10.2 Å². The fourth-order valence-corrected chi connectivity index (χ4v) is 5.55. The minimum Gasteiger partial charge on any atom is -0.325 e. The molecule has 1 aliphatic heterocycles. The Morgan fingerprint density at radius 3 is 2.55 bits per heavy atom. The Balaban J connectivity index is 1.68. The van der Waals surface area contributed by atoms with Gasteiger partial charge in [0.1, 0.15) is 5.82 Å². The van der Waals surface area contributed by atoms with Crippen LogP contribution in [0.2, 0.25) is 0 Å². The van der Waals surface area contributed by atoms with Crippen LogP contribution in [0.25, 0.3) is 0 Å². The molecule has 1 N–H and O–H groups in total. The summed E-state index contributed by atoms with van der Waals surface area (Å²) in [6.07, 6.45) is 4.42. The number of hydrogen-bond acceptors (Lipinski definition) is 4. The third kappa shape index (κ3) is 4.27. The van der Waals surface area contributed by atoms with Crippen LogP contribution in [-0.2, 0) is 9.84 Å². The second-order valence-electron chi connectivity index (χ2n) is 7.95. The molecular formula is C21H26FN3O3S. The van der Waals surface area contributed by atoms with Gasteiger partial charge in [-0.25, -0.2) is 17.6 Å². The van der Waals surface area contributed by atoms with E-state index in [-0.39, 0.29) is 16.8 Å². The van der Waals surface area contributed by atoms with Crippen LogP contribution in [0.1, 0.15) is 32.3 Å². The van der Waals surface area contributed by atoms with E-state index < -0.39 is 20.4 Å². The summed E-state index contributed by atoms with van der Waals surface area (Å²) in [6.45, 7) is 6.17. The summed E-state index contributed by atoms with van der Waals surface area (Å²) in [5, 5.41) is 2.88. The number of benzene rings is 1. The zero-order valence-corrected chi connectivity index (χ0v) is 17.7. The lowest BCUT2D eigenvalue weighted by atomic mass is 9.86. The Morgan fingerprint density at radius 2 is 1.93 bits per heavy atom. The highest BCUT2D eigenvalue weighted by molar-refractivity contribution is 7.92. The first-order valence-electron chi connectivity index (χ1n) is 9.59. The van der Waals surface area contributed by atoms with E-state index in [1.807, 2.05) is 6.92 Å². The molecule has 2 aromatic rings. The molecule has 0 aliphatic carbocycles. The Kier molecular flexibility index (Phi) is 5.93. The third-order valence-corrected chi connectivity index (χ3v) is 8.42. The van der Waals surface area contributed by atoms with E-state index >= 15 is 0 Å². The molecule has 0 atom stereocenters. The predicted molar refractivity (Wildman–Crippen MR) is 110 cm³/mol. The molecular weight excluding hydrogens is 393 g/mol. The van der Waals surface area contributed by atoms with Crippen molar-refractivity contribution in [1.29, 1.82) is 0 Å². The summed E-state index contributed by atoms with van der Waals surface area (Å²) < 4.78 is 38.8. The van der Waals surface area contributed by atoms with Crippen molar-refractivity contribution in [3.8, 4) is 0 Å². The molecule has 0 radical (unpaired) electrons. The molecule has 156 valence electrons. The van der Waals surface area contributed by atoms with Gasteiger partial charge in [0.15, 0.2) is 9.84 Å². The summed E-state index contributed by atoms with van der Waals surface area (Å²) in [6, 6.07) is 6.68. The lowest BCUT2D eigenvalue weighted by Gasteiger charge is -2.40. The number of nitrogens with zero attached hydrogens (tertiary/aromatic N) is 2. The quantitative estimate of drug-likeness (QED) is 0.812. The molecule has 2 heterocycles. The third-order valence-electron chi connectivity index (χ3n) is 5.83. The van der Waals surface area contributed by atoms with E-state index in [0.717, 1.165) is 11.6 Å². The molecule has 6 nitrogen and oxygen atoms in total. The largest absolute Gasteiger partial charge is 0.325 e. The summed E-state index contributed by atoms with van der Waals surface area (Å²) in [4.78, 5) is 18.3. The standard InChI is InChI=1S/C21H26FN3O3S/c1-15-14-23-10-7-19(15)24-20(26)25-11-8-16(9-12-25)21(2,3)29(27,28)18-6-4-5-17(22)13-18/h4-7,10,13-14,16H,8-9,11-12H2,1-3H3,(H,23,24,26). The van der Waals surface area contributed by atoms with Gasteiger partial charge in [-0.15, -0.1) is 0 Å². The van der Waals surface area contributed by atoms with Crippen molar-refractivity contribution >= 4 is 21.6 Å². The Hall–Kier alpha value is -2.48. The molecule has 29 heavy (non-hydrogen) atoms. The zero-order valence-electron chi connectivity index (χ0n) is 16.9. The van der Waals surface area contributed by atoms with Crippen molar-refractivity contribution in [2.24, 2.45) is 5.92 Å². The monoisotopic (exact) mass is 419 g/mol. The molecule has 8 heteroatoms. The fourth-order valence-electron chi connectivity index (χ4n) is 3.74. The highest BCUT2D eigenvalue weighted by atomic mass is 32.2. The smallest absolute Gasteiger partial charge is 0.321 e. The summed E-state index contributed by atoms with van der Waals surface area (Å²) in [5.74, 6) is -0.706. The molecule has 0 saturated carbocycles. The van der Waals surface area contributed by atoms with Gasteiger partial charge in [-0.05, 0) is 69.4 Å². The van der Waals surface area contributed by atoms with Gasteiger partial charge in [-0.3, -0.25) is 4.98 Å². The van der Waals surface area contributed by atoms with Gasteiger partial charge in [0.05, 0.1) is 9.64 Å². The zero-order chi connectivity index (χ0) is 21.2. The van der Waals surface area contributed by atoms with Crippen LogP contribution in [-0.4, -0.2) is 42.2 Å². The van der Waals surface area contributed by atoms with Crippen LogP contribution in [0.3, 0.4) is 0 Å². The van der Waals surface area contributed by atoms with Gasteiger partial charge in [0, 0.05) is 31.2 Å². The molecule has 3 rings (SSSR count). The van der Waals surface area contributed by atoms with Crippen LogP contribution in [0, 0.1) is 18.7 Å². The number of likely N-dealkylation sites (tertiary alicyclic amines) is 1. The van der Waals surface area contributed by atoms with Crippen molar-refractivity contribution in [2.75, 3.05) is 18.4 Å². The van der Waals surface area contributed by atoms with Crippen LogP contribution in [0.4, 0.5) is 14.9 Å². The maximum Gasteiger partial charge on any atom is 0.321 e. The Morgan fingerprint density at radius 1 is 1.24 bits per heavy atom. The van der Waals surface area contributed by atoms with E-state index in [0.29, 0.717) is 31.6 Å². The predicted octanol–water partition coefficient (Wildman–Crippen LogP) is 4.03. The minimum absolute atomic E-state index is 0.00386. The number of halogens is 1. The second kappa shape index (κ2) is 8.10. The van der Waals surface area contributed by atoms with Gasteiger partial charge in [0.25, 0.3) is 0 Å². The van der Waals surface area contributed by atoms with E-state index in [2.05, 4.69) is 10.3 Å². The second-order valence-corrected chi connectivity index (χ2v) is 10.5. The van der Waals surface area contributed by atoms with Crippen molar-refractivity contribution in [1.82, 2.24) is 9.88 Å². The Labute approximate surface area is 171 Å². The van der Waals surface area contributed by atoms with Crippen LogP contribution < -0.4 is 5.32 Å². The molecule has 1 saturated heterocycles. The maximum atomic E-state index is 13.6. The number of piperidine rings is 1. The average Bonchev–Trinajstić information content (AvgIpc) is 2.69. The van der Waals surface area contributed by atoms with Crippen molar-refractivity contribution in [3.05, 3.63) is 54.1 Å². The molecule has 2 amide bonds. The summed E-state index contributed by atoms with van der Waals surface area (Å²) in [7, 11) is -3.72. The minimum atomic E-state index is -3.72. The molecule has 1 aromatic carbocycles. The van der Waals surface area contributed by atoms with E-state index in [1.165, 1.54) is 18.2 Å². The molecule has 0 unspecified atom stereocenters. The van der Waals surface area contributed by atoms with Gasteiger partial charge in [-0.1, -0.05) is 6.07 Å². The highest BCUT2D eigenvalue weighted by Crippen LogP contribution is 2.38. The summed E-state index contributed by atoms with van der Waals surface area (Å²) in [5.41, 5.74) is 1.58. The molecule has 1 aliphatic rings. The topological polar surface area (TPSA) is 79.4 Å². The number of anilines is 1. The number of carbonyl (C=O) groups is 1. The molecule has 0 spiro atoms. The van der Waals surface area contributed by atoms with Gasteiger partial charge >= 0.3 is 6.03 Å². The van der Waals surface area contributed by atoms with Gasteiger partial charge in [0.2, 0.25) is 0 Å². The number of rotatable bonds is 4. The molecule has 1 fully saturated rings. The lowest BCUT2D eigenvalue weighted by molar-refractivity contribution is 0.171. The number of carbonyl (C=O) groups excluding carboxylic acids is 1. The van der Waals surface area contributed by atoms with Crippen LogP contribution >= 0.6 is 0 Å². The Bertz CT molecular complexity index is 1000. The summed E-state index contributed by atoms with van der Waals surface area (Å²) >= 11 is 0. The van der Waals surface area contributed by atoms with E-state index in [9.17, 15) is 17.6 Å². The first-order valence-corrected chi connectivity index (χ1v) is 11.1. The van der Waals surface area contributed by atoms with E-state index in [4.69, 9.17) is 0 Å². The maximum absolute atomic E-state index is 13.6. The number of aromatic nitrogens is 1. The highest BCUT2D eigenvalue weighted by Gasteiger charge is 2.44. The lowest BCUT2D eigenvalue weighted by Crippen LogP contribution is -2.48. The van der Waals surface area contributed by atoms with Crippen LogP contribution in [0.15, 0.2) is 47.6 Å². The van der Waals surface area contributed by atoms with Crippen LogP contribution in [0.5, 0.6) is 0 Å². The molecule has 0 bridgehead atoms. The number of amides is 2. The fraction of sp³-hybridized carbons (Fsp3) is 0.429. The number of nitrogens with one attached hydrogen (secondary N) is 1. The van der Waals surface area contributed by atoms with E-state index in [1.54, 1.807) is 37.2 Å². The number of hydrogen-bond donors (Lipinski definition) is 1. The molecule has 1 aromatic heterocycles. The van der Waals surface area contributed by atoms with Gasteiger partial charge in [-0.2, -0.15) is 0 Å². The first-order chi connectivity index (χ1) is 13.6. The number of aryl methyl sites for hydroxylation is 1.